The monoisotopic (exact) mass is 1120 g/mol. The largest absolute Gasteiger partial charge is 0.508 e. The van der Waals surface area contributed by atoms with Crippen molar-refractivity contribution in [1.82, 2.24) is 42.5 Å². The molecule has 7 atom stereocenters. The number of carbonyl (C=O) groups excluding carboxylic acids is 8. The second kappa shape index (κ2) is 41.6. The molecule has 8 amide bonds. The third-order valence-corrected chi connectivity index (χ3v) is 13.9. The van der Waals surface area contributed by atoms with Crippen LogP contribution in [0.3, 0.4) is 0 Å². The maximum absolute atomic E-state index is 13.8. The van der Waals surface area contributed by atoms with Crippen molar-refractivity contribution in [2.45, 2.75) is 224 Å². The van der Waals surface area contributed by atoms with Gasteiger partial charge < -0.3 is 64.8 Å². The number of benzene rings is 1. The van der Waals surface area contributed by atoms with Crippen molar-refractivity contribution in [3.63, 3.8) is 0 Å². The van der Waals surface area contributed by atoms with Crippen LogP contribution in [-0.2, 0) is 54.9 Å². The SMILES string of the molecule is CCCCCCCCCCCCCCCC(=O)N[C@@H](Cc1ccc(O)cc1)C(=O)N[C@@H](C)C(=O)N[C@@H](CCCCN)C(=O)N[C@@H](C)C(=O)N[C@@H](CCCCN)C(=O)N[C@@H](CCCCN)C(=O)N[C@@H](C)C(=O)NCCS(=O)(=O)O. The molecule has 446 valence electrons. The highest BCUT2D eigenvalue weighted by Gasteiger charge is 2.32. The summed E-state index contributed by atoms with van der Waals surface area (Å²) >= 11 is 0. The molecule has 0 aliphatic carbocycles. The molecule has 0 aromatic heterocycles. The normalized spacial score (nSPS) is 14.1. The van der Waals surface area contributed by atoms with Gasteiger partial charge in [-0.1, -0.05) is 96.1 Å². The van der Waals surface area contributed by atoms with Crippen LogP contribution in [0.25, 0.3) is 0 Å². The molecule has 0 radical (unpaired) electrons. The first-order valence-corrected chi connectivity index (χ1v) is 30.0. The van der Waals surface area contributed by atoms with Crippen molar-refractivity contribution in [2.75, 3.05) is 31.9 Å². The molecular weight excluding hydrogens is 1030 g/mol. The Bertz CT molecular complexity index is 2050. The smallest absolute Gasteiger partial charge is 0.266 e. The number of phenols is 1. The number of nitrogens with one attached hydrogen (secondary N) is 8. The molecule has 78 heavy (non-hydrogen) atoms. The van der Waals surface area contributed by atoms with Gasteiger partial charge in [0, 0.05) is 19.4 Å². The van der Waals surface area contributed by atoms with E-state index in [0.717, 1.165) is 19.3 Å². The first-order chi connectivity index (χ1) is 37.1. The average molecular weight is 1120 g/mol. The Hall–Kier alpha value is -5.43. The van der Waals surface area contributed by atoms with E-state index in [9.17, 15) is 51.9 Å². The molecule has 1 aromatic carbocycles. The minimum absolute atomic E-state index is 0.0308. The van der Waals surface area contributed by atoms with Crippen molar-refractivity contribution in [2.24, 2.45) is 17.2 Å². The van der Waals surface area contributed by atoms with Crippen molar-refractivity contribution < 1.29 is 56.4 Å². The van der Waals surface area contributed by atoms with Crippen LogP contribution >= 0.6 is 0 Å². The Kier molecular flexibility index (Phi) is 37.6. The van der Waals surface area contributed by atoms with Crippen LogP contribution in [0.4, 0.5) is 0 Å². The molecule has 0 heterocycles. The van der Waals surface area contributed by atoms with Gasteiger partial charge >= 0.3 is 0 Å². The van der Waals surface area contributed by atoms with E-state index < -0.39 is 106 Å². The number of amides is 8. The summed E-state index contributed by atoms with van der Waals surface area (Å²) in [5.74, 6) is -6.09. The van der Waals surface area contributed by atoms with Gasteiger partial charge in [0.2, 0.25) is 47.3 Å². The van der Waals surface area contributed by atoms with Crippen LogP contribution in [0.2, 0.25) is 0 Å². The van der Waals surface area contributed by atoms with Crippen molar-refractivity contribution in [1.29, 1.82) is 0 Å². The molecule has 16 N–H and O–H groups in total. The van der Waals surface area contributed by atoms with Crippen molar-refractivity contribution >= 4 is 57.4 Å². The summed E-state index contributed by atoms with van der Waals surface area (Å²) in [4.78, 5) is 108. The Morgan fingerprint density at radius 3 is 1.22 bits per heavy atom. The van der Waals surface area contributed by atoms with Crippen LogP contribution in [0.5, 0.6) is 5.75 Å². The highest BCUT2D eigenvalue weighted by molar-refractivity contribution is 7.85. The van der Waals surface area contributed by atoms with Gasteiger partial charge in [-0.25, -0.2) is 0 Å². The lowest BCUT2D eigenvalue weighted by atomic mass is 10.0. The molecular formula is C54H97N11O12S. The molecule has 23 nitrogen and oxygen atoms in total. The van der Waals surface area contributed by atoms with Crippen LogP contribution in [-0.4, -0.2) is 140 Å². The Morgan fingerprint density at radius 2 is 0.821 bits per heavy atom. The van der Waals surface area contributed by atoms with E-state index in [0.29, 0.717) is 70.1 Å². The highest BCUT2D eigenvalue weighted by Crippen LogP contribution is 2.15. The number of nitrogens with two attached hydrogens (primary N) is 3. The predicted octanol–water partition coefficient (Wildman–Crippen LogP) is 2.26. The van der Waals surface area contributed by atoms with Crippen LogP contribution in [0, 0.1) is 0 Å². The van der Waals surface area contributed by atoms with Crippen molar-refractivity contribution in [3.05, 3.63) is 29.8 Å². The fourth-order valence-corrected chi connectivity index (χ4v) is 8.75. The number of unbranched alkanes of at least 4 members (excludes halogenated alkanes) is 15. The highest BCUT2D eigenvalue weighted by atomic mass is 32.2. The molecule has 0 aliphatic rings. The zero-order chi connectivity index (χ0) is 58.3. The number of aromatic hydroxyl groups is 1. The molecule has 0 aliphatic heterocycles. The maximum Gasteiger partial charge on any atom is 0.266 e. The van der Waals surface area contributed by atoms with Crippen LogP contribution in [0.1, 0.15) is 181 Å². The fourth-order valence-electron chi connectivity index (χ4n) is 8.39. The quantitative estimate of drug-likeness (QED) is 0.0329. The topological polar surface area (TPSA) is 385 Å². The molecule has 0 saturated carbocycles. The van der Waals surface area contributed by atoms with Gasteiger partial charge in [0.1, 0.15) is 48.0 Å². The molecule has 0 unspecified atom stereocenters. The van der Waals surface area contributed by atoms with Gasteiger partial charge in [-0.2, -0.15) is 8.42 Å². The Balaban J connectivity index is 3.04. The van der Waals surface area contributed by atoms with E-state index in [4.69, 9.17) is 21.8 Å². The molecule has 1 aromatic rings. The Morgan fingerprint density at radius 1 is 0.462 bits per heavy atom. The maximum atomic E-state index is 13.8. The number of hydrogen-bond donors (Lipinski definition) is 13. The fraction of sp³-hybridized carbons (Fsp3) is 0.741. The van der Waals surface area contributed by atoms with E-state index in [1.54, 1.807) is 12.1 Å². The van der Waals surface area contributed by atoms with Crippen molar-refractivity contribution in [3.8, 4) is 5.75 Å². The van der Waals surface area contributed by atoms with Gasteiger partial charge in [0.25, 0.3) is 10.1 Å². The van der Waals surface area contributed by atoms with E-state index in [2.05, 4.69) is 49.5 Å². The van der Waals surface area contributed by atoms with Gasteiger partial charge in [0.05, 0.1) is 5.75 Å². The number of hydrogen-bond acceptors (Lipinski definition) is 14. The summed E-state index contributed by atoms with van der Waals surface area (Å²) in [5, 5.41) is 30.7. The lowest BCUT2D eigenvalue weighted by molar-refractivity contribution is -0.135. The molecule has 0 spiro atoms. The third kappa shape index (κ3) is 33.1. The van der Waals surface area contributed by atoms with Gasteiger partial charge in [-0.15, -0.1) is 0 Å². The summed E-state index contributed by atoms with van der Waals surface area (Å²) in [5.41, 5.74) is 17.8. The predicted molar refractivity (Wildman–Crippen MR) is 301 cm³/mol. The van der Waals surface area contributed by atoms with Crippen LogP contribution in [0.15, 0.2) is 24.3 Å². The van der Waals surface area contributed by atoms with Gasteiger partial charge in [0.15, 0.2) is 0 Å². The average Bonchev–Trinajstić information content (AvgIpc) is 3.39. The summed E-state index contributed by atoms with van der Waals surface area (Å²) in [6.07, 6.45) is 18.4. The number of rotatable bonds is 45. The third-order valence-electron chi connectivity index (χ3n) is 13.2. The molecule has 0 fully saturated rings. The molecule has 0 saturated heterocycles. The zero-order valence-corrected chi connectivity index (χ0v) is 47.8. The molecule has 1 rings (SSSR count). The minimum Gasteiger partial charge on any atom is -0.508 e. The summed E-state index contributed by atoms with van der Waals surface area (Å²) in [6.45, 7) is 6.87. The number of carbonyl (C=O) groups is 8. The standard InChI is InChI=1S/C54H97N11O12S/c1-5-6-7-8-9-10-11-12-13-14-15-16-17-27-47(67)62-46(37-41-28-30-42(66)31-29-41)54(74)61-40(4)50(70)63-43(24-18-21-32-55)51(71)60-39(3)49(69)64-45(26-20-23-34-57)53(73)65-44(25-19-22-33-56)52(72)59-38(2)48(68)58-35-36-78(75,76)77/h28-31,38-40,43-46,66H,5-27,32-37,55-57H2,1-4H3,(H,58,68)(H,59,72)(H,60,71)(H,61,74)(H,62,67)(H,63,70)(H,64,69)(H,65,73)(H,75,76,77)/t38-,39-,40-,43-,44-,45-,46-/m0/s1. The lowest BCUT2D eigenvalue weighted by Gasteiger charge is -2.26. The first kappa shape index (κ1) is 70.6. The number of phenolic OH excluding ortho intramolecular Hbond substituents is 1. The summed E-state index contributed by atoms with van der Waals surface area (Å²) < 4.78 is 31.1. The van der Waals surface area contributed by atoms with Gasteiger partial charge in [-0.3, -0.25) is 42.9 Å². The second-order valence-electron chi connectivity index (χ2n) is 20.3. The van der Waals surface area contributed by atoms with E-state index in [-0.39, 0.29) is 43.8 Å². The molecule has 24 heteroatoms. The summed E-state index contributed by atoms with van der Waals surface area (Å²) in [7, 11) is -4.35. The zero-order valence-electron chi connectivity index (χ0n) is 47.0. The first-order valence-electron chi connectivity index (χ1n) is 28.4. The van der Waals surface area contributed by atoms with E-state index in [1.165, 1.54) is 90.7 Å². The van der Waals surface area contributed by atoms with Crippen LogP contribution < -0.4 is 59.7 Å². The minimum atomic E-state index is -4.35. The lowest BCUT2D eigenvalue weighted by Crippen LogP contribution is -2.59. The van der Waals surface area contributed by atoms with E-state index in [1.807, 2.05) is 0 Å². The molecule has 0 bridgehead atoms. The van der Waals surface area contributed by atoms with Gasteiger partial charge in [-0.05, 0) is 122 Å². The van der Waals surface area contributed by atoms with E-state index >= 15 is 0 Å². The Labute approximate surface area is 463 Å². The second-order valence-corrected chi connectivity index (χ2v) is 21.9. The summed E-state index contributed by atoms with van der Waals surface area (Å²) in [6, 6.07) is -2.04.